The number of rotatable bonds is 5. The number of pyridine rings is 1. The summed E-state index contributed by atoms with van der Waals surface area (Å²) < 4.78 is 17.2. The number of methoxy groups -OCH3 is 1. The summed E-state index contributed by atoms with van der Waals surface area (Å²) in [5.74, 6) is 1.08. The molecule has 0 radical (unpaired) electrons. The summed E-state index contributed by atoms with van der Waals surface area (Å²) in [4.78, 5) is 16.1. The molecule has 0 N–H and O–H groups in total. The molecule has 2 atom stereocenters. The van der Waals surface area contributed by atoms with Gasteiger partial charge in [0.05, 0.1) is 31.0 Å². The zero-order valence-corrected chi connectivity index (χ0v) is 17.9. The molecule has 0 saturated carbocycles. The van der Waals surface area contributed by atoms with Gasteiger partial charge in [-0.05, 0) is 31.2 Å². The van der Waals surface area contributed by atoms with Crippen molar-refractivity contribution in [2.75, 3.05) is 13.7 Å². The molecule has 32 heavy (non-hydrogen) atoms. The fourth-order valence-electron chi connectivity index (χ4n) is 4.18. The van der Waals surface area contributed by atoms with E-state index in [4.69, 9.17) is 19.3 Å². The van der Waals surface area contributed by atoms with Crippen molar-refractivity contribution in [1.29, 1.82) is 0 Å². The normalized spacial score (nSPS) is 18.8. The van der Waals surface area contributed by atoms with Gasteiger partial charge in [-0.25, -0.2) is 9.80 Å². The topological polar surface area (TPSA) is 73.2 Å². The van der Waals surface area contributed by atoms with Crippen LogP contribution >= 0.6 is 0 Å². The molecule has 2 aliphatic heterocycles. The Balaban J connectivity index is 1.58. The number of fused-ring (bicyclic) bond motifs is 3. The first kappa shape index (κ1) is 20.1. The molecule has 2 aliphatic rings. The first-order valence-electron chi connectivity index (χ1n) is 10.6. The Hall–Kier alpha value is -3.87. The number of hydrogen-bond acceptors (Lipinski definition) is 7. The van der Waals surface area contributed by atoms with E-state index in [1.165, 1.54) is 7.11 Å². The van der Waals surface area contributed by atoms with E-state index in [-0.39, 0.29) is 12.0 Å². The van der Waals surface area contributed by atoms with Crippen molar-refractivity contribution in [1.82, 2.24) is 9.99 Å². The first-order valence-corrected chi connectivity index (χ1v) is 10.6. The molecule has 0 amide bonds. The summed E-state index contributed by atoms with van der Waals surface area (Å²) in [6, 6.07) is 17.1. The van der Waals surface area contributed by atoms with E-state index < -0.39 is 6.23 Å². The molecule has 0 bridgehead atoms. The predicted octanol–water partition coefficient (Wildman–Crippen LogP) is 4.51. The van der Waals surface area contributed by atoms with Crippen LogP contribution in [0.4, 0.5) is 0 Å². The highest BCUT2D eigenvalue weighted by Gasteiger charge is 2.42. The molecular formula is C25H23N3O4. The Labute approximate surface area is 186 Å². The van der Waals surface area contributed by atoms with E-state index in [9.17, 15) is 4.79 Å². The van der Waals surface area contributed by atoms with Gasteiger partial charge in [-0.1, -0.05) is 30.3 Å². The number of hydrazone groups is 1. The van der Waals surface area contributed by atoms with Crippen LogP contribution in [0.3, 0.4) is 0 Å². The third-order valence-electron chi connectivity index (χ3n) is 5.69. The number of nitrogens with zero attached hydrogens (tertiary/aromatic N) is 3. The lowest BCUT2D eigenvalue weighted by Gasteiger charge is -2.38. The molecule has 7 heteroatoms. The second-order valence-electron chi connectivity index (χ2n) is 7.58. The van der Waals surface area contributed by atoms with E-state index in [1.807, 2.05) is 54.5 Å². The number of carbonyl (C=O) groups excluding carboxylic acids is 1. The average Bonchev–Trinajstić information content (AvgIpc) is 3.30. The molecule has 0 spiro atoms. The number of hydrogen-bond donors (Lipinski definition) is 0. The Kier molecular flexibility index (Phi) is 5.23. The zero-order valence-electron chi connectivity index (χ0n) is 17.9. The van der Waals surface area contributed by atoms with Crippen LogP contribution in [-0.4, -0.2) is 35.4 Å². The van der Waals surface area contributed by atoms with Gasteiger partial charge >= 0.3 is 5.97 Å². The molecule has 0 unspecified atom stereocenters. The number of benzene rings is 2. The second-order valence-corrected chi connectivity index (χ2v) is 7.58. The van der Waals surface area contributed by atoms with Crippen molar-refractivity contribution in [3.63, 3.8) is 0 Å². The van der Waals surface area contributed by atoms with Gasteiger partial charge in [0.15, 0.2) is 11.5 Å². The van der Waals surface area contributed by atoms with E-state index in [0.29, 0.717) is 12.2 Å². The molecule has 3 aromatic rings. The van der Waals surface area contributed by atoms with Gasteiger partial charge in [0, 0.05) is 35.5 Å². The van der Waals surface area contributed by atoms with Crippen molar-refractivity contribution in [3.05, 3.63) is 89.2 Å². The van der Waals surface area contributed by atoms with E-state index in [1.54, 1.807) is 18.3 Å². The predicted molar refractivity (Wildman–Crippen MR) is 119 cm³/mol. The van der Waals surface area contributed by atoms with Crippen molar-refractivity contribution < 1.29 is 19.0 Å². The Morgan fingerprint density at radius 2 is 2.00 bits per heavy atom. The van der Waals surface area contributed by atoms with Crippen LogP contribution in [0.25, 0.3) is 0 Å². The summed E-state index contributed by atoms with van der Waals surface area (Å²) in [5, 5.41) is 6.93. The fraction of sp³-hybridized carbons (Fsp3) is 0.240. The molecular weight excluding hydrogens is 406 g/mol. The summed E-state index contributed by atoms with van der Waals surface area (Å²) in [6.45, 7) is 2.50. The lowest BCUT2D eigenvalue weighted by atomic mass is 9.96. The standard InChI is InChI=1S/C25H23N3O4/c1-3-31-22-8-4-7-19-21-14-20(18-6-5-13-26-15-18)27-28(21)24(32-23(19)22)16-9-11-17(12-10-16)25(29)30-2/h4-13,15,21,24H,3,14H2,1-2H3/t21-,24-/m0/s1. The van der Waals surface area contributed by atoms with Crippen LogP contribution in [0.1, 0.15) is 52.7 Å². The average molecular weight is 429 g/mol. The fourth-order valence-corrected chi connectivity index (χ4v) is 4.18. The molecule has 0 aliphatic carbocycles. The van der Waals surface area contributed by atoms with Gasteiger partial charge < -0.3 is 14.2 Å². The number of ether oxygens (including phenoxy) is 3. The van der Waals surface area contributed by atoms with Gasteiger partial charge in [-0.2, -0.15) is 5.10 Å². The molecule has 3 heterocycles. The monoisotopic (exact) mass is 429 g/mol. The van der Waals surface area contributed by atoms with Gasteiger partial charge in [0.25, 0.3) is 0 Å². The van der Waals surface area contributed by atoms with Crippen LogP contribution in [0.15, 0.2) is 72.1 Å². The van der Waals surface area contributed by atoms with E-state index in [2.05, 4.69) is 11.1 Å². The second kappa shape index (κ2) is 8.34. The van der Waals surface area contributed by atoms with Gasteiger partial charge in [-0.15, -0.1) is 0 Å². The van der Waals surface area contributed by atoms with Crippen molar-refractivity contribution in [2.24, 2.45) is 5.10 Å². The minimum absolute atomic E-state index is 0.000328. The largest absolute Gasteiger partial charge is 0.490 e. The lowest BCUT2D eigenvalue weighted by molar-refractivity contribution is -0.0212. The molecule has 162 valence electrons. The zero-order chi connectivity index (χ0) is 22.1. The Morgan fingerprint density at radius 3 is 2.72 bits per heavy atom. The van der Waals surface area contributed by atoms with Crippen molar-refractivity contribution >= 4 is 11.7 Å². The SMILES string of the molecule is CCOc1cccc2c1O[C@@H](c1ccc(C(=O)OC)cc1)N1N=C(c3cccnc3)C[C@@H]21. The van der Waals surface area contributed by atoms with E-state index in [0.717, 1.165) is 40.3 Å². The number of para-hydroxylation sites is 1. The maximum Gasteiger partial charge on any atom is 0.337 e. The molecule has 7 nitrogen and oxygen atoms in total. The maximum atomic E-state index is 11.9. The highest BCUT2D eigenvalue weighted by molar-refractivity contribution is 6.01. The van der Waals surface area contributed by atoms with Gasteiger partial charge in [0.2, 0.25) is 6.23 Å². The van der Waals surface area contributed by atoms with Gasteiger partial charge in [-0.3, -0.25) is 4.98 Å². The van der Waals surface area contributed by atoms with Crippen LogP contribution in [0, 0.1) is 0 Å². The number of esters is 1. The van der Waals surface area contributed by atoms with Crippen molar-refractivity contribution in [2.45, 2.75) is 25.6 Å². The molecule has 0 saturated heterocycles. The van der Waals surface area contributed by atoms with Crippen molar-refractivity contribution in [3.8, 4) is 11.5 Å². The van der Waals surface area contributed by atoms with Gasteiger partial charge in [0.1, 0.15) is 0 Å². The summed E-state index contributed by atoms with van der Waals surface area (Å²) in [5.41, 5.74) is 4.36. The smallest absolute Gasteiger partial charge is 0.337 e. The van der Waals surface area contributed by atoms with E-state index >= 15 is 0 Å². The Bertz CT molecular complexity index is 1160. The molecule has 0 fully saturated rings. The molecule has 2 aromatic carbocycles. The highest BCUT2D eigenvalue weighted by atomic mass is 16.5. The Morgan fingerprint density at radius 1 is 1.16 bits per heavy atom. The van der Waals surface area contributed by atoms with Crippen LogP contribution in [-0.2, 0) is 4.74 Å². The summed E-state index contributed by atoms with van der Waals surface area (Å²) >= 11 is 0. The first-order chi connectivity index (χ1) is 15.7. The minimum Gasteiger partial charge on any atom is -0.490 e. The lowest BCUT2D eigenvalue weighted by Crippen LogP contribution is -2.34. The third-order valence-corrected chi connectivity index (χ3v) is 5.69. The minimum atomic E-state index is -0.463. The van der Waals surface area contributed by atoms with Crippen LogP contribution in [0.2, 0.25) is 0 Å². The third kappa shape index (κ3) is 3.45. The number of aromatic nitrogens is 1. The van der Waals surface area contributed by atoms with Crippen LogP contribution in [0.5, 0.6) is 11.5 Å². The summed E-state index contributed by atoms with van der Waals surface area (Å²) in [6.07, 6.45) is 3.85. The molecule has 1 aromatic heterocycles. The maximum absolute atomic E-state index is 11.9. The van der Waals surface area contributed by atoms with Crippen LogP contribution < -0.4 is 9.47 Å². The summed E-state index contributed by atoms with van der Waals surface area (Å²) in [7, 11) is 1.37. The number of carbonyl (C=O) groups is 1. The molecule has 5 rings (SSSR count). The quantitative estimate of drug-likeness (QED) is 0.556. The highest BCUT2D eigenvalue weighted by Crippen LogP contribution is 2.50.